The lowest BCUT2D eigenvalue weighted by molar-refractivity contribution is -0.114. The Labute approximate surface area is 246 Å². The Morgan fingerprint density at radius 1 is 0.976 bits per heavy atom. The van der Waals surface area contributed by atoms with Crippen LogP contribution in [0.1, 0.15) is 18.1 Å². The molecule has 41 heavy (non-hydrogen) atoms. The van der Waals surface area contributed by atoms with Crippen molar-refractivity contribution in [1.82, 2.24) is 5.01 Å². The molecule has 9 nitrogen and oxygen atoms in total. The normalized spacial score (nSPS) is 15.4. The van der Waals surface area contributed by atoms with Crippen LogP contribution in [0.4, 0.5) is 0 Å². The molecule has 0 unspecified atom stereocenters. The number of nitrogens with one attached hydrogen (secondary N) is 1. The maximum Gasteiger partial charge on any atom is 0.283 e. The fourth-order valence-electron chi connectivity index (χ4n) is 3.93. The second-order valence-corrected chi connectivity index (χ2v) is 10.3. The molecular weight excluding hydrogens is 564 g/mol. The van der Waals surface area contributed by atoms with Gasteiger partial charge in [-0.3, -0.25) is 10.2 Å². The van der Waals surface area contributed by atoms with E-state index in [4.69, 9.17) is 36.0 Å². The van der Waals surface area contributed by atoms with E-state index in [1.807, 2.05) is 68.4 Å². The molecular formula is C30H27ClN4O5S. The maximum absolute atomic E-state index is 12.9. The second kappa shape index (κ2) is 12.9. The third kappa shape index (κ3) is 6.90. The van der Waals surface area contributed by atoms with Crippen molar-refractivity contribution in [1.29, 1.82) is 5.41 Å². The quantitative estimate of drug-likeness (QED) is 0.209. The van der Waals surface area contributed by atoms with E-state index < -0.39 is 5.91 Å². The van der Waals surface area contributed by atoms with Gasteiger partial charge in [0.05, 0.1) is 17.2 Å². The van der Waals surface area contributed by atoms with Crippen LogP contribution in [-0.4, -0.2) is 53.4 Å². The van der Waals surface area contributed by atoms with Gasteiger partial charge in [0.1, 0.15) is 36.4 Å². The van der Waals surface area contributed by atoms with Crippen LogP contribution in [0, 0.1) is 12.3 Å². The van der Waals surface area contributed by atoms with E-state index in [1.165, 1.54) is 16.8 Å². The first kappa shape index (κ1) is 28.3. The predicted molar refractivity (Wildman–Crippen MR) is 162 cm³/mol. The zero-order valence-corrected chi connectivity index (χ0v) is 24.0. The molecule has 0 saturated carbocycles. The number of hydrogen-bond acceptors (Lipinski definition) is 8. The fourth-order valence-corrected chi connectivity index (χ4v) is 5.00. The van der Waals surface area contributed by atoms with Gasteiger partial charge in [0.15, 0.2) is 17.3 Å². The Kier molecular flexibility index (Phi) is 8.91. The lowest BCUT2D eigenvalue weighted by Crippen LogP contribution is -2.35. The number of para-hydroxylation sites is 1. The number of hydrazone groups is 1. The van der Waals surface area contributed by atoms with Crippen LogP contribution in [0.2, 0.25) is 5.02 Å². The Bertz CT molecular complexity index is 1540. The smallest absolute Gasteiger partial charge is 0.283 e. The number of hydrogen-bond donors (Lipinski definition) is 1. The molecule has 0 atom stereocenters. The van der Waals surface area contributed by atoms with Crippen molar-refractivity contribution in [2.45, 2.75) is 13.8 Å². The topological polar surface area (TPSA) is 106 Å². The number of nitrogens with zero attached hydrogens (tertiary/aromatic N) is 3. The summed E-state index contributed by atoms with van der Waals surface area (Å²) in [7, 11) is 0. The third-order valence-electron chi connectivity index (χ3n) is 5.86. The zero-order chi connectivity index (χ0) is 28.8. The van der Waals surface area contributed by atoms with Gasteiger partial charge in [-0.15, -0.1) is 0 Å². The van der Waals surface area contributed by atoms with E-state index in [1.54, 1.807) is 18.2 Å². The molecule has 0 radical (unpaired) electrons. The van der Waals surface area contributed by atoms with Gasteiger partial charge in [0, 0.05) is 0 Å². The Morgan fingerprint density at radius 2 is 1.71 bits per heavy atom. The van der Waals surface area contributed by atoms with Gasteiger partial charge in [0.2, 0.25) is 5.17 Å². The minimum absolute atomic E-state index is 0.0713. The van der Waals surface area contributed by atoms with E-state index in [0.717, 1.165) is 11.3 Å². The fraction of sp³-hybridized carbons (Fsp3) is 0.200. The molecule has 0 spiro atoms. The number of carbonyl (C=O) groups excluding carboxylic acids is 1. The van der Waals surface area contributed by atoms with E-state index in [-0.39, 0.29) is 24.6 Å². The third-order valence-corrected chi connectivity index (χ3v) is 7.03. The van der Waals surface area contributed by atoms with Gasteiger partial charge in [-0.05, 0) is 73.6 Å². The van der Waals surface area contributed by atoms with Crippen molar-refractivity contribution in [2.75, 3.05) is 26.4 Å². The van der Waals surface area contributed by atoms with Crippen molar-refractivity contribution >= 4 is 51.4 Å². The van der Waals surface area contributed by atoms with Crippen molar-refractivity contribution < 1.29 is 23.7 Å². The summed E-state index contributed by atoms with van der Waals surface area (Å²) in [5.74, 6) is 1.59. The van der Waals surface area contributed by atoms with Gasteiger partial charge >= 0.3 is 0 Å². The summed E-state index contributed by atoms with van der Waals surface area (Å²) in [5.41, 5.74) is 1.78. The largest absolute Gasteiger partial charge is 0.490 e. The second-order valence-electron chi connectivity index (χ2n) is 8.89. The number of rotatable bonds is 11. The highest BCUT2D eigenvalue weighted by Crippen LogP contribution is 2.38. The lowest BCUT2D eigenvalue weighted by Gasteiger charge is -2.20. The number of ether oxygens (including phenoxy) is 4. The first-order valence-electron chi connectivity index (χ1n) is 12.9. The lowest BCUT2D eigenvalue weighted by atomic mass is 10.1. The first-order valence-corrected chi connectivity index (χ1v) is 14.1. The van der Waals surface area contributed by atoms with Crippen LogP contribution in [0.5, 0.6) is 23.0 Å². The number of aryl methyl sites for hydroxylation is 1. The highest BCUT2D eigenvalue weighted by atomic mass is 35.5. The average molecular weight is 591 g/mol. The summed E-state index contributed by atoms with van der Waals surface area (Å²) in [4.78, 5) is 17.0. The highest BCUT2D eigenvalue weighted by Gasteiger charge is 2.36. The predicted octanol–water partition coefficient (Wildman–Crippen LogP) is 6.20. The molecule has 0 saturated heterocycles. The first-order chi connectivity index (χ1) is 19.9. The Balaban J connectivity index is 1.28. The van der Waals surface area contributed by atoms with Crippen LogP contribution >= 0.6 is 23.4 Å². The summed E-state index contributed by atoms with van der Waals surface area (Å²) in [6.45, 7) is 4.99. The Hall–Kier alpha value is -4.28. The molecule has 0 aromatic heterocycles. The molecule has 2 aliphatic heterocycles. The number of aliphatic imine (C=N–C) groups is 1. The monoisotopic (exact) mass is 590 g/mol. The SMILES string of the molecule is CCOc1cc(/C=C2/C(=N)N3N=C(COc4ccccc4)SC3=NC2=O)cc(Cl)c1OCCOc1ccc(C)cc1. The van der Waals surface area contributed by atoms with Crippen LogP contribution in [0.15, 0.2) is 82.4 Å². The van der Waals surface area contributed by atoms with Gasteiger partial charge in [-0.25, -0.2) is 0 Å². The van der Waals surface area contributed by atoms with Gasteiger partial charge in [-0.2, -0.15) is 15.1 Å². The van der Waals surface area contributed by atoms with E-state index in [9.17, 15) is 4.79 Å². The summed E-state index contributed by atoms with van der Waals surface area (Å²) in [5, 5.41) is 15.6. The van der Waals surface area contributed by atoms with Gasteiger partial charge in [-0.1, -0.05) is 47.5 Å². The molecule has 11 heteroatoms. The summed E-state index contributed by atoms with van der Waals surface area (Å²) in [6, 6.07) is 20.4. The van der Waals surface area contributed by atoms with Crippen LogP contribution in [-0.2, 0) is 4.79 Å². The number of fused-ring (bicyclic) bond motifs is 1. The molecule has 0 bridgehead atoms. The molecule has 1 amide bonds. The van der Waals surface area contributed by atoms with Crippen LogP contribution < -0.4 is 18.9 Å². The molecule has 3 aromatic carbocycles. The summed E-state index contributed by atoms with van der Waals surface area (Å²) < 4.78 is 23.2. The molecule has 0 fully saturated rings. The van der Waals surface area contributed by atoms with Crippen molar-refractivity contribution in [2.24, 2.45) is 10.1 Å². The number of benzene rings is 3. The van der Waals surface area contributed by atoms with Crippen LogP contribution in [0.25, 0.3) is 6.08 Å². The number of amidine groups is 2. The molecule has 1 N–H and O–H groups in total. The molecule has 2 aliphatic rings. The molecule has 2 heterocycles. The van der Waals surface area contributed by atoms with E-state index >= 15 is 0 Å². The van der Waals surface area contributed by atoms with Crippen molar-refractivity contribution in [3.63, 3.8) is 0 Å². The highest BCUT2D eigenvalue weighted by molar-refractivity contribution is 8.27. The van der Waals surface area contributed by atoms with E-state index in [0.29, 0.717) is 51.3 Å². The minimum Gasteiger partial charge on any atom is -0.490 e. The minimum atomic E-state index is -0.545. The molecule has 0 aliphatic carbocycles. The van der Waals surface area contributed by atoms with Gasteiger partial charge < -0.3 is 18.9 Å². The number of thioether (sulfide) groups is 1. The van der Waals surface area contributed by atoms with Crippen molar-refractivity contribution in [3.05, 3.63) is 88.5 Å². The summed E-state index contributed by atoms with van der Waals surface area (Å²) >= 11 is 7.77. The zero-order valence-electron chi connectivity index (χ0n) is 22.4. The number of amides is 1. The molecule has 5 rings (SSSR count). The number of halogens is 1. The maximum atomic E-state index is 12.9. The number of carbonyl (C=O) groups is 1. The Morgan fingerprint density at radius 3 is 2.46 bits per heavy atom. The summed E-state index contributed by atoms with van der Waals surface area (Å²) in [6.07, 6.45) is 1.54. The van der Waals surface area contributed by atoms with Gasteiger partial charge in [0.25, 0.3) is 5.91 Å². The van der Waals surface area contributed by atoms with E-state index in [2.05, 4.69) is 10.1 Å². The molecule has 3 aromatic rings. The average Bonchev–Trinajstić information content (AvgIpc) is 3.38. The van der Waals surface area contributed by atoms with Crippen molar-refractivity contribution in [3.8, 4) is 23.0 Å². The standard InChI is InChI=1S/C30H27ClN4O5S/c1-3-37-25-17-20(16-24(31)27(25)39-14-13-38-22-11-9-19(2)10-12-22)15-23-28(32)35-30(33-29(23)36)41-26(34-35)18-40-21-7-5-4-6-8-21/h4-12,15-17,32H,3,13-14,18H2,1-2H3/b23-15-,32-28?. The van der Waals surface area contributed by atoms with Crippen LogP contribution in [0.3, 0.4) is 0 Å². The molecule has 210 valence electrons.